The lowest BCUT2D eigenvalue weighted by molar-refractivity contribution is 0.837. The van der Waals surface area contributed by atoms with Gasteiger partial charge in [-0.25, -0.2) is 0 Å². The van der Waals surface area contributed by atoms with Gasteiger partial charge in [0.25, 0.3) is 0 Å². The van der Waals surface area contributed by atoms with E-state index in [1.807, 2.05) is 0 Å². The zero-order valence-corrected chi connectivity index (χ0v) is 9.53. The highest BCUT2D eigenvalue weighted by Gasteiger charge is 2.14. The van der Waals surface area contributed by atoms with Gasteiger partial charge in [-0.2, -0.15) is 0 Å². The second kappa shape index (κ2) is 4.48. The third-order valence-electron chi connectivity index (χ3n) is 3.07. The third-order valence-corrected chi connectivity index (χ3v) is 3.07. The molecule has 0 spiro atoms. The van der Waals surface area contributed by atoms with Gasteiger partial charge in [0.1, 0.15) is 0 Å². The molecule has 0 nitrogen and oxygen atoms in total. The van der Waals surface area contributed by atoms with E-state index in [1.165, 1.54) is 29.6 Å². The van der Waals surface area contributed by atoms with E-state index >= 15 is 0 Å². The first-order chi connectivity index (χ1) is 7.29. The first-order valence-electron chi connectivity index (χ1n) is 5.72. The maximum Gasteiger partial charge on any atom is -0.000456 e. The fourth-order valence-electron chi connectivity index (χ4n) is 2.20. The number of hydrogen-bond donors (Lipinski definition) is 0. The van der Waals surface area contributed by atoms with Gasteiger partial charge in [-0.3, -0.25) is 0 Å². The van der Waals surface area contributed by atoms with Crippen LogP contribution in [0.5, 0.6) is 0 Å². The van der Waals surface area contributed by atoms with Crippen molar-refractivity contribution in [2.75, 3.05) is 0 Å². The molecule has 1 unspecified atom stereocenters. The van der Waals surface area contributed by atoms with Crippen LogP contribution in [-0.4, -0.2) is 0 Å². The van der Waals surface area contributed by atoms with E-state index in [9.17, 15) is 0 Å². The predicted octanol–water partition coefficient (Wildman–Crippen LogP) is 4.34. The molecule has 2 aliphatic carbocycles. The van der Waals surface area contributed by atoms with Crippen molar-refractivity contribution in [2.24, 2.45) is 5.92 Å². The van der Waals surface area contributed by atoms with Crippen molar-refractivity contribution in [1.29, 1.82) is 0 Å². The summed E-state index contributed by atoms with van der Waals surface area (Å²) in [6, 6.07) is 0. The van der Waals surface area contributed by atoms with Crippen molar-refractivity contribution >= 4 is 0 Å². The Morgan fingerprint density at radius 1 is 1.07 bits per heavy atom. The highest BCUT2D eigenvalue weighted by molar-refractivity contribution is 5.51. The average Bonchev–Trinajstić information content (AvgIpc) is 2.33. The summed E-state index contributed by atoms with van der Waals surface area (Å²) in [6.45, 7) is 4.47. The van der Waals surface area contributed by atoms with Crippen LogP contribution in [-0.2, 0) is 0 Å². The van der Waals surface area contributed by atoms with E-state index in [0.717, 1.165) is 0 Å². The highest BCUT2D eigenvalue weighted by Crippen LogP contribution is 2.31. The Kier molecular flexibility index (Phi) is 3.05. The molecule has 0 bridgehead atoms. The first-order valence-corrected chi connectivity index (χ1v) is 5.72. The van der Waals surface area contributed by atoms with Gasteiger partial charge < -0.3 is 0 Å². The van der Waals surface area contributed by atoms with Crippen molar-refractivity contribution in [1.82, 2.24) is 0 Å². The fraction of sp³-hybridized carbons (Fsp3) is 0.333. The molecule has 0 fully saturated rings. The van der Waals surface area contributed by atoms with Gasteiger partial charge in [0.15, 0.2) is 0 Å². The SMILES string of the molecule is CC1=CC=CC=CC(C)C2=CCCC=C12. The Hall–Kier alpha value is -1.30. The summed E-state index contributed by atoms with van der Waals surface area (Å²) in [5.41, 5.74) is 4.33. The van der Waals surface area contributed by atoms with E-state index in [1.54, 1.807) is 0 Å². The normalized spacial score (nSPS) is 25.5. The second-order valence-corrected chi connectivity index (χ2v) is 4.26. The van der Waals surface area contributed by atoms with Gasteiger partial charge in [0, 0.05) is 0 Å². The predicted molar refractivity (Wildman–Crippen MR) is 66.6 cm³/mol. The largest absolute Gasteiger partial charge is 0.0798 e. The molecule has 0 heteroatoms. The number of allylic oxidation sites excluding steroid dienone is 10. The Balaban J connectivity index is 2.45. The molecular formula is C15H18. The van der Waals surface area contributed by atoms with Crippen molar-refractivity contribution in [3.63, 3.8) is 0 Å². The zero-order valence-electron chi connectivity index (χ0n) is 9.53. The van der Waals surface area contributed by atoms with Gasteiger partial charge in [-0.05, 0) is 42.4 Å². The maximum absolute atomic E-state index is 2.40. The van der Waals surface area contributed by atoms with Gasteiger partial charge in [-0.1, -0.05) is 49.5 Å². The van der Waals surface area contributed by atoms with Crippen LogP contribution in [0.2, 0.25) is 0 Å². The molecule has 1 atom stereocenters. The molecule has 78 valence electrons. The standard InChI is InChI=1S/C15H18/c1-12-8-4-3-5-9-13(2)15-11-7-6-10-14(12)15/h3-5,8-12H,6-7H2,1-2H3. The quantitative estimate of drug-likeness (QED) is 0.543. The number of rotatable bonds is 0. The number of hydrogen-bond acceptors (Lipinski definition) is 0. The van der Waals surface area contributed by atoms with Gasteiger partial charge in [-0.15, -0.1) is 0 Å². The molecule has 0 aliphatic heterocycles. The average molecular weight is 198 g/mol. The van der Waals surface area contributed by atoms with E-state index in [2.05, 4.69) is 56.4 Å². The summed E-state index contributed by atoms with van der Waals surface area (Å²) in [5, 5.41) is 0. The molecule has 15 heavy (non-hydrogen) atoms. The lowest BCUT2D eigenvalue weighted by Crippen LogP contribution is -2.04. The van der Waals surface area contributed by atoms with E-state index in [-0.39, 0.29) is 0 Å². The summed E-state index contributed by atoms with van der Waals surface area (Å²) in [6.07, 6.45) is 18.0. The molecule has 0 radical (unpaired) electrons. The van der Waals surface area contributed by atoms with E-state index < -0.39 is 0 Å². The molecule has 0 aromatic heterocycles. The minimum absolute atomic E-state index is 0.530. The summed E-state index contributed by atoms with van der Waals surface area (Å²) < 4.78 is 0. The van der Waals surface area contributed by atoms with Gasteiger partial charge >= 0.3 is 0 Å². The molecule has 2 rings (SSSR count). The van der Waals surface area contributed by atoms with Crippen LogP contribution < -0.4 is 0 Å². The molecule has 0 N–H and O–H groups in total. The molecule has 0 saturated heterocycles. The Morgan fingerprint density at radius 3 is 2.73 bits per heavy atom. The lowest BCUT2D eigenvalue weighted by Gasteiger charge is -2.20. The van der Waals surface area contributed by atoms with Crippen LogP contribution in [0.25, 0.3) is 0 Å². The molecule has 0 heterocycles. The van der Waals surface area contributed by atoms with Crippen LogP contribution in [0.1, 0.15) is 26.7 Å². The van der Waals surface area contributed by atoms with Crippen LogP contribution in [0.3, 0.4) is 0 Å². The topological polar surface area (TPSA) is 0 Å². The van der Waals surface area contributed by atoms with Gasteiger partial charge in [0.2, 0.25) is 0 Å². The van der Waals surface area contributed by atoms with Crippen LogP contribution in [0, 0.1) is 5.92 Å². The molecule has 0 saturated carbocycles. The van der Waals surface area contributed by atoms with E-state index in [4.69, 9.17) is 0 Å². The summed E-state index contributed by atoms with van der Waals surface area (Å²) in [5.74, 6) is 0.530. The smallest absolute Gasteiger partial charge is 0.000456 e. The van der Waals surface area contributed by atoms with Crippen molar-refractivity contribution in [3.8, 4) is 0 Å². The first kappa shape index (κ1) is 10.2. The highest BCUT2D eigenvalue weighted by atomic mass is 14.2. The molecule has 0 aromatic rings. The third kappa shape index (κ3) is 2.20. The summed E-state index contributed by atoms with van der Waals surface area (Å²) in [4.78, 5) is 0. The van der Waals surface area contributed by atoms with Crippen molar-refractivity contribution < 1.29 is 0 Å². The molecule has 0 aromatic carbocycles. The molecule has 0 amide bonds. The van der Waals surface area contributed by atoms with E-state index in [0.29, 0.717) is 5.92 Å². The maximum atomic E-state index is 2.40. The molecular weight excluding hydrogens is 180 g/mol. The fourth-order valence-corrected chi connectivity index (χ4v) is 2.20. The minimum atomic E-state index is 0.530. The molecule has 2 aliphatic rings. The summed E-state index contributed by atoms with van der Waals surface area (Å²) >= 11 is 0. The Labute approximate surface area is 92.4 Å². The van der Waals surface area contributed by atoms with Crippen molar-refractivity contribution in [3.05, 3.63) is 59.3 Å². The van der Waals surface area contributed by atoms with Crippen LogP contribution >= 0.6 is 0 Å². The Bertz CT molecular complexity index is 386. The van der Waals surface area contributed by atoms with Gasteiger partial charge in [0.05, 0.1) is 0 Å². The van der Waals surface area contributed by atoms with Crippen LogP contribution in [0.15, 0.2) is 59.3 Å². The Morgan fingerprint density at radius 2 is 1.87 bits per heavy atom. The van der Waals surface area contributed by atoms with Crippen molar-refractivity contribution in [2.45, 2.75) is 26.7 Å². The monoisotopic (exact) mass is 198 g/mol. The summed E-state index contributed by atoms with van der Waals surface area (Å²) in [7, 11) is 0. The lowest BCUT2D eigenvalue weighted by atomic mass is 9.85. The number of fused-ring (bicyclic) bond motifs is 1. The minimum Gasteiger partial charge on any atom is -0.0798 e. The zero-order chi connectivity index (χ0) is 10.7. The van der Waals surface area contributed by atoms with Crippen LogP contribution in [0.4, 0.5) is 0 Å². The second-order valence-electron chi connectivity index (χ2n) is 4.26.